The highest BCUT2D eigenvalue weighted by atomic mass is 35.5. The minimum absolute atomic E-state index is 0.159. The fraction of sp³-hybridized carbons (Fsp3) is 0.500. The molecule has 0 spiro atoms. The Hall–Kier alpha value is -1.61. The maximum atomic E-state index is 10.9. The molecule has 1 aromatic heterocycles. The molecular formula is C18H25ClN5O2S+. The van der Waals surface area contributed by atoms with Crippen molar-refractivity contribution in [1.82, 2.24) is 14.8 Å². The van der Waals surface area contributed by atoms with Crippen molar-refractivity contribution < 1.29 is 14.4 Å². The zero-order chi connectivity index (χ0) is 19.2. The van der Waals surface area contributed by atoms with Gasteiger partial charge in [-0.15, -0.1) is 10.2 Å². The zero-order valence-corrected chi connectivity index (χ0v) is 16.9. The Morgan fingerprint density at radius 3 is 3.04 bits per heavy atom. The van der Waals surface area contributed by atoms with Crippen molar-refractivity contribution in [3.8, 4) is 0 Å². The second-order valence-electron chi connectivity index (χ2n) is 6.70. The first-order valence-corrected chi connectivity index (χ1v) is 10.4. The number of nitrogens with zero attached hydrogens (tertiary/aromatic N) is 3. The van der Waals surface area contributed by atoms with Crippen LogP contribution in [-0.4, -0.2) is 52.2 Å². The van der Waals surface area contributed by atoms with Crippen molar-refractivity contribution in [2.24, 2.45) is 12.8 Å². The number of primary amides is 1. The number of nitrogens with one attached hydrogen (secondary N) is 1. The molecule has 9 heteroatoms. The summed E-state index contributed by atoms with van der Waals surface area (Å²) in [6.07, 6.45) is 0.949. The number of thioether (sulfide) groups is 1. The fourth-order valence-corrected chi connectivity index (χ4v) is 4.27. The van der Waals surface area contributed by atoms with E-state index in [-0.39, 0.29) is 18.4 Å². The van der Waals surface area contributed by atoms with Crippen LogP contribution in [-0.2, 0) is 29.5 Å². The number of nitrogens with two attached hydrogens (primary N) is 1. The molecule has 1 aromatic carbocycles. The molecule has 2 aromatic rings. The lowest BCUT2D eigenvalue weighted by molar-refractivity contribution is -0.924. The van der Waals surface area contributed by atoms with Gasteiger partial charge in [-0.2, -0.15) is 0 Å². The highest BCUT2D eigenvalue weighted by Gasteiger charge is 2.25. The summed E-state index contributed by atoms with van der Waals surface area (Å²) in [4.78, 5) is 12.4. The van der Waals surface area contributed by atoms with Crippen LogP contribution < -0.4 is 10.6 Å². The Morgan fingerprint density at radius 1 is 1.44 bits per heavy atom. The van der Waals surface area contributed by atoms with Crippen LogP contribution >= 0.6 is 23.4 Å². The van der Waals surface area contributed by atoms with Crippen molar-refractivity contribution in [3.05, 3.63) is 40.7 Å². The predicted molar refractivity (Wildman–Crippen MR) is 105 cm³/mol. The van der Waals surface area contributed by atoms with E-state index in [0.29, 0.717) is 6.42 Å². The van der Waals surface area contributed by atoms with Gasteiger partial charge in [0.25, 0.3) is 0 Å². The van der Waals surface area contributed by atoms with E-state index < -0.39 is 0 Å². The van der Waals surface area contributed by atoms with Crippen LogP contribution in [0.15, 0.2) is 29.4 Å². The SMILES string of the molecule is Cn1c(CCC(N)=O)nnc1SC[C@H]1C[NH+](Cc2ccccc2Cl)CCO1. The fourth-order valence-electron chi connectivity index (χ4n) is 3.12. The maximum Gasteiger partial charge on any atom is 0.217 e. The Morgan fingerprint density at radius 2 is 2.26 bits per heavy atom. The number of amides is 1. The number of ether oxygens (including phenoxy) is 1. The van der Waals surface area contributed by atoms with Crippen LogP contribution in [0.1, 0.15) is 17.8 Å². The Labute approximate surface area is 168 Å². The van der Waals surface area contributed by atoms with Gasteiger partial charge in [0.05, 0.1) is 6.61 Å². The molecule has 0 aliphatic carbocycles. The molecule has 3 N–H and O–H groups in total. The lowest BCUT2D eigenvalue weighted by Gasteiger charge is -2.30. The number of carbonyl (C=O) groups excluding carboxylic acids is 1. The van der Waals surface area contributed by atoms with Gasteiger partial charge in [-0.05, 0) is 6.07 Å². The number of benzene rings is 1. The Bertz CT molecular complexity index is 785. The van der Waals surface area contributed by atoms with Gasteiger partial charge >= 0.3 is 0 Å². The van der Waals surface area contributed by atoms with Crippen LogP contribution in [0.4, 0.5) is 0 Å². The molecule has 0 bridgehead atoms. The van der Waals surface area contributed by atoms with Gasteiger partial charge in [0.1, 0.15) is 31.6 Å². The highest BCUT2D eigenvalue weighted by Crippen LogP contribution is 2.19. The average Bonchev–Trinajstić information content (AvgIpc) is 3.00. The molecule has 146 valence electrons. The summed E-state index contributed by atoms with van der Waals surface area (Å²) < 4.78 is 7.85. The smallest absolute Gasteiger partial charge is 0.217 e. The van der Waals surface area contributed by atoms with E-state index in [1.807, 2.05) is 29.8 Å². The largest absolute Gasteiger partial charge is 0.370 e. The number of morpholine rings is 1. The monoisotopic (exact) mass is 410 g/mol. The molecule has 1 aliphatic rings. The summed E-state index contributed by atoms with van der Waals surface area (Å²) in [5, 5.41) is 10.0. The predicted octanol–water partition coefficient (Wildman–Crippen LogP) is 0.462. The summed E-state index contributed by atoms with van der Waals surface area (Å²) in [6, 6.07) is 8.01. The van der Waals surface area contributed by atoms with Gasteiger partial charge in [0.15, 0.2) is 5.16 Å². The van der Waals surface area contributed by atoms with E-state index in [9.17, 15) is 4.79 Å². The number of halogens is 1. The molecule has 27 heavy (non-hydrogen) atoms. The third kappa shape index (κ3) is 5.68. The molecule has 2 heterocycles. The van der Waals surface area contributed by atoms with Crippen LogP contribution in [0.5, 0.6) is 0 Å². The quantitative estimate of drug-likeness (QED) is 0.617. The summed E-state index contributed by atoms with van der Waals surface area (Å²) in [6.45, 7) is 3.57. The number of carbonyl (C=O) groups is 1. The number of quaternary nitrogens is 1. The number of hydrogen-bond acceptors (Lipinski definition) is 5. The summed E-state index contributed by atoms with van der Waals surface area (Å²) in [7, 11) is 1.91. The summed E-state index contributed by atoms with van der Waals surface area (Å²) in [5.74, 6) is 1.25. The van der Waals surface area contributed by atoms with Gasteiger partial charge < -0.3 is 19.9 Å². The lowest BCUT2D eigenvalue weighted by Crippen LogP contribution is -3.13. The highest BCUT2D eigenvalue weighted by molar-refractivity contribution is 7.99. The first-order chi connectivity index (χ1) is 13.0. The Balaban J connectivity index is 1.51. The molecule has 0 radical (unpaired) electrons. The van der Waals surface area contributed by atoms with E-state index in [2.05, 4.69) is 16.3 Å². The van der Waals surface area contributed by atoms with E-state index in [1.165, 1.54) is 10.5 Å². The molecule has 0 saturated carbocycles. The molecule has 1 amide bonds. The number of aromatic nitrogens is 3. The van der Waals surface area contributed by atoms with Gasteiger partial charge in [-0.25, -0.2) is 0 Å². The molecule has 1 aliphatic heterocycles. The molecular weight excluding hydrogens is 386 g/mol. The maximum absolute atomic E-state index is 10.9. The van der Waals surface area contributed by atoms with Gasteiger partial charge in [0, 0.05) is 36.2 Å². The van der Waals surface area contributed by atoms with E-state index in [4.69, 9.17) is 22.1 Å². The van der Waals surface area contributed by atoms with Gasteiger partial charge in [-0.1, -0.05) is 41.6 Å². The number of rotatable bonds is 8. The van der Waals surface area contributed by atoms with Crippen LogP contribution in [0.2, 0.25) is 5.02 Å². The summed E-state index contributed by atoms with van der Waals surface area (Å²) in [5.41, 5.74) is 6.38. The topological polar surface area (TPSA) is 87.5 Å². The Kier molecular flexibility index (Phi) is 7.12. The third-order valence-electron chi connectivity index (χ3n) is 4.64. The van der Waals surface area contributed by atoms with Crippen LogP contribution in [0.3, 0.4) is 0 Å². The second-order valence-corrected chi connectivity index (χ2v) is 8.09. The minimum Gasteiger partial charge on any atom is -0.370 e. The lowest BCUT2D eigenvalue weighted by atomic mass is 10.2. The van der Waals surface area contributed by atoms with Crippen molar-refractivity contribution in [1.29, 1.82) is 0 Å². The van der Waals surface area contributed by atoms with Crippen LogP contribution in [0, 0.1) is 0 Å². The number of aryl methyl sites for hydroxylation is 1. The van der Waals surface area contributed by atoms with E-state index in [0.717, 1.165) is 48.0 Å². The molecule has 1 saturated heterocycles. The van der Waals surface area contributed by atoms with Crippen molar-refractivity contribution in [2.75, 3.05) is 25.4 Å². The van der Waals surface area contributed by atoms with Gasteiger partial charge in [-0.3, -0.25) is 4.79 Å². The van der Waals surface area contributed by atoms with Gasteiger partial charge in [0.2, 0.25) is 5.91 Å². The summed E-state index contributed by atoms with van der Waals surface area (Å²) >= 11 is 7.92. The zero-order valence-electron chi connectivity index (χ0n) is 15.4. The molecule has 2 atom stereocenters. The molecule has 3 rings (SSSR count). The van der Waals surface area contributed by atoms with Crippen molar-refractivity contribution in [3.63, 3.8) is 0 Å². The van der Waals surface area contributed by atoms with Crippen molar-refractivity contribution >= 4 is 29.3 Å². The standard InChI is InChI=1S/C18H24ClN5O2S/c1-23-17(7-6-16(20)25)21-22-18(23)27-12-14-11-24(8-9-26-14)10-13-4-2-3-5-15(13)19/h2-5,14H,6-12H2,1H3,(H2,20,25)/p+1/t14-/m1/s1. The molecule has 1 unspecified atom stereocenters. The molecule has 7 nitrogen and oxygen atoms in total. The third-order valence-corrected chi connectivity index (χ3v) is 6.16. The van der Waals surface area contributed by atoms with E-state index >= 15 is 0 Å². The first kappa shape index (κ1) is 20.1. The van der Waals surface area contributed by atoms with E-state index in [1.54, 1.807) is 11.8 Å². The first-order valence-electron chi connectivity index (χ1n) is 9.01. The normalized spacial score (nSPS) is 19.9. The number of hydrogen-bond donors (Lipinski definition) is 2. The second kappa shape index (κ2) is 9.54. The van der Waals surface area contributed by atoms with Crippen molar-refractivity contribution in [2.45, 2.75) is 30.6 Å². The van der Waals surface area contributed by atoms with Crippen LogP contribution in [0.25, 0.3) is 0 Å². The minimum atomic E-state index is -0.329. The molecule has 1 fully saturated rings. The average molecular weight is 411 g/mol.